The molecule has 106 valence electrons. The highest BCUT2D eigenvalue weighted by Crippen LogP contribution is 2.22. The molecule has 1 heterocycles. The van der Waals surface area contributed by atoms with Gasteiger partial charge in [-0.25, -0.2) is 4.68 Å². The first kappa shape index (κ1) is 13.3. The van der Waals surface area contributed by atoms with E-state index in [1.54, 1.807) is 4.68 Å². The zero-order chi connectivity index (χ0) is 14.8. The number of anilines is 1. The standard InChI is InChI=1S/C16H17N5/c1-11-5-3-4-6-14(11)10-21-16(18-19-20-21)13-8-7-12(2)15(17)9-13/h3-9H,10,17H2,1-2H3. The summed E-state index contributed by atoms with van der Waals surface area (Å²) < 4.78 is 1.80. The van der Waals surface area contributed by atoms with Gasteiger partial charge in [-0.3, -0.25) is 0 Å². The van der Waals surface area contributed by atoms with Gasteiger partial charge < -0.3 is 5.73 Å². The van der Waals surface area contributed by atoms with Crippen LogP contribution in [0.3, 0.4) is 0 Å². The van der Waals surface area contributed by atoms with Crippen LogP contribution in [-0.2, 0) is 6.54 Å². The summed E-state index contributed by atoms with van der Waals surface area (Å²) in [7, 11) is 0. The van der Waals surface area contributed by atoms with Gasteiger partial charge >= 0.3 is 0 Å². The van der Waals surface area contributed by atoms with E-state index in [-0.39, 0.29) is 0 Å². The lowest BCUT2D eigenvalue weighted by Crippen LogP contribution is -2.06. The van der Waals surface area contributed by atoms with E-state index in [1.807, 2.05) is 37.3 Å². The highest BCUT2D eigenvalue weighted by atomic mass is 15.5. The molecule has 5 heteroatoms. The van der Waals surface area contributed by atoms with Crippen molar-refractivity contribution < 1.29 is 0 Å². The van der Waals surface area contributed by atoms with Crippen molar-refractivity contribution in [2.24, 2.45) is 0 Å². The Bertz CT molecular complexity index is 776. The van der Waals surface area contributed by atoms with Crippen LogP contribution in [0.2, 0.25) is 0 Å². The Morgan fingerprint density at radius 3 is 2.62 bits per heavy atom. The second-order valence-corrected chi connectivity index (χ2v) is 5.16. The summed E-state index contributed by atoms with van der Waals surface area (Å²) in [6, 6.07) is 14.1. The zero-order valence-electron chi connectivity index (χ0n) is 12.1. The maximum absolute atomic E-state index is 5.98. The van der Waals surface area contributed by atoms with E-state index < -0.39 is 0 Å². The molecule has 0 aliphatic carbocycles. The maximum Gasteiger partial charge on any atom is 0.182 e. The van der Waals surface area contributed by atoms with Crippen LogP contribution in [0, 0.1) is 13.8 Å². The Hall–Kier alpha value is -2.69. The topological polar surface area (TPSA) is 69.6 Å². The number of aryl methyl sites for hydroxylation is 2. The molecule has 0 bridgehead atoms. The lowest BCUT2D eigenvalue weighted by molar-refractivity contribution is 0.651. The van der Waals surface area contributed by atoms with Crippen LogP contribution in [0.15, 0.2) is 42.5 Å². The zero-order valence-corrected chi connectivity index (χ0v) is 12.1. The van der Waals surface area contributed by atoms with Crippen LogP contribution in [0.5, 0.6) is 0 Å². The summed E-state index contributed by atoms with van der Waals surface area (Å²) in [4.78, 5) is 0. The fourth-order valence-electron chi connectivity index (χ4n) is 2.25. The molecule has 0 spiro atoms. The van der Waals surface area contributed by atoms with E-state index in [0.29, 0.717) is 6.54 Å². The van der Waals surface area contributed by atoms with Crippen molar-refractivity contribution in [2.45, 2.75) is 20.4 Å². The molecule has 5 nitrogen and oxygen atoms in total. The molecule has 1 aromatic heterocycles. The van der Waals surface area contributed by atoms with Gasteiger partial charge in [-0.15, -0.1) is 5.10 Å². The first-order chi connectivity index (χ1) is 10.1. The molecule has 0 fully saturated rings. The van der Waals surface area contributed by atoms with Gasteiger partial charge in [-0.2, -0.15) is 0 Å². The van der Waals surface area contributed by atoms with Gasteiger partial charge in [-0.05, 0) is 47.0 Å². The van der Waals surface area contributed by atoms with Crippen molar-refractivity contribution in [1.82, 2.24) is 20.2 Å². The van der Waals surface area contributed by atoms with Gasteiger partial charge in [0.25, 0.3) is 0 Å². The monoisotopic (exact) mass is 279 g/mol. The van der Waals surface area contributed by atoms with E-state index in [9.17, 15) is 0 Å². The van der Waals surface area contributed by atoms with Gasteiger partial charge in [0.2, 0.25) is 0 Å². The molecule has 0 saturated heterocycles. The predicted molar refractivity (Wildman–Crippen MR) is 82.7 cm³/mol. The molecule has 3 aromatic rings. The van der Waals surface area contributed by atoms with Gasteiger partial charge in [0.05, 0.1) is 6.54 Å². The van der Waals surface area contributed by atoms with Gasteiger partial charge in [0.15, 0.2) is 5.82 Å². The molecular formula is C16H17N5. The molecule has 0 aliphatic rings. The number of nitrogen functional groups attached to an aromatic ring is 1. The minimum Gasteiger partial charge on any atom is -0.398 e. The first-order valence-electron chi connectivity index (χ1n) is 6.82. The molecule has 0 atom stereocenters. The van der Waals surface area contributed by atoms with E-state index in [2.05, 4.69) is 34.6 Å². The van der Waals surface area contributed by atoms with E-state index >= 15 is 0 Å². The van der Waals surface area contributed by atoms with Crippen molar-refractivity contribution in [3.8, 4) is 11.4 Å². The SMILES string of the molecule is Cc1ccc(-c2nnnn2Cc2ccccc2C)cc1N. The predicted octanol–water partition coefficient (Wildman–Crippen LogP) is 2.59. The van der Waals surface area contributed by atoms with E-state index in [0.717, 1.165) is 22.6 Å². The Balaban J connectivity index is 1.97. The molecule has 21 heavy (non-hydrogen) atoms. The smallest absolute Gasteiger partial charge is 0.182 e. The van der Waals surface area contributed by atoms with Crippen molar-refractivity contribution in [2.75, 3.05) is 5.73 Å². The molecule has 0 amide bonds. The lowest BCUT2D eigenvalue weighted by Gasteiger charge is -2.08. The minimum absolute atomic E-state index is 0.642. The van der Waals surface area contributed by atoms with Crippen LogP contribution in [-0.4, -0.2) is 20.2 Å². The average Bonchev–Trinajstić information content (AvgIpc) is 2.93. The number of hydrogen-bond acceptors (Lipinski definition) is 4. The second-order valence-electron chi connectivity index (χ2n) is 5.16. The van der Waals surface area contributed by atoms with Crippen molar-refractivity contribution in [1.29, 1.82) is 0 Å². The van der Waals surface area contributed by atoms with Crippen LogP contribution >= 0.6 is 0 Å². The molecule has 0 radical (unpaired) electrons. The lowest BCUT2D eigenvalue weighted by atomic mass is 10.1. The van der Waals surface area contributed by atoms with E-state index in [1.165, 1.54) is 11.1 Å². The quantitative estimate of drug-likeness (QED) is 0.748. The van der Waals surface area contributed by atoms with Crippen LogP contribution < -0.4 is 5.73 Å². The largest absolute Gasteiger partial charge is 0.398 e. The normalized spacial score (nSPS) is 10.8. The summed E-state index contributed by atoms with van der Waals surface area (Å²) in [6.45, 7) is 4.71. The first-order valence-corrected chi connectivity index (χ1v) is 6.82. The number of rotatable bonds is 3. The van der Waals surface area contributed by atoms with Crippen LogP contribution in [0.25, 0.3) is 11.4 Å². The van der Waals surface area contributed by atoms with E-state index in [4.69, 9.17) is 5.73 Å². The van der Waals surface area contributed by atoms with Crippen LogP contribution in [0.1, 0.15) is 16.7 Å². The summed E-state index contributed by atoms with van der Waals surface area (Å²) >= 11 is 0. The molecule has 0 aliphatic heterocycles. The van der Waals surface area contributed by atoms with Crippen molar-refractivity contribution in [3.63, 3.8) is 0 Å². The Labute approximate surface area is 123 Å². The third kappa shape index (κ3) is 2.63. The fraction of sp³-hybridized carbons (Fsp3) is 0.188. The number of tetrazole rings is 1. The maximum atomic E-state index is 5.98. The Morgan fingerprint density at radius 1 is 1.05 bits per heavy atom. The van der Waals surface area contributed by atoms with Crippen molar-refractivity contribution >= 4 is 5.69 Å². The summed E-state index contributed by atoms with van der Waals surface area (Å²) in [5.74, 6) is 0.727. The summed E-state index contributed by atoms with van der Waals surface area (Å²) in [5, 5.41) is 12.0. The van der Waals surface area contributed by atoms with Gasteiger partial charge in [-0.1, -0.05) is 36.4 Å². The summed E-state index contributed by atoms with van der Waals surface area (Å²) in [6.07, 6.45) is 0. The number of benzene rings is 2. The van der Waals surface area contributed by atoms with Crippen molar-refractivity contribution in [3.05, 3.63) is 59.2 Å². The molecule has 3 rings (SSSR count). The van der Waals surface area contributed by atoms with Crippen LogP contribution in [0.4, 0.5) is 5.69 Å². The molecular weight excluding hydrogens is 262 g/mol. The molecule has 2 aromatic carbocycles. The van der Waals surface area contributed by atoms with Gasteiger partial charge in [0, 0.05) is 11.3 Å². The molecule has 2 N–H and O–H groups in total. The third-order valence-corrected chi connectivity index (χ3v) is 3.65. The number of nitrogens with two attached hydrogens (primary N) is 1. The summed E-state index contributed by atoms with van der Waals surface area (Å²) in [5.41, 5.74) is 11.1. The van der Waals surface area contributed by atoms with Gasteiger partial charge in [0.1, 0.15) is 0 Å². The fourth-order valence-corrected chi connectivity index (χ4v) is 2.25. The molecule has 0 unspecified atom stereocenters. The third-order valence-electron chi connectivity index (χ3n) is 3.65. The Kier molecular flexibility index (Phi) is 3.39. The average molecular weight is 279 g/mol. The second kappa shape index (κ2) is 5.36. The highest BCUT2D eigenvalue weighted by Gasteiger charge is 2.11. The minimum atomic E-state index is 0.642. The number of aromatic nitrogens is 4. The highest BCUT2D eigenvalue weighted by molar-refractivity contribution is 5.63. The molecule has 0 saturated carbocycles. The number of nitrogens with zero attached hydrogens (tertiary/aromatic N) is 4. The number of hydrogen-bond donors (Lipinski definition) is 1. The Morgan fingerprint density at radius 2 is 1.86 bits per heavy atom.